The number of carboxylic acid groups (broad SMARTS) is 1. The Hall–Kier alpha value is -1.81. The molecule has 0 aromatic heterocycles. The lowest BCUT2D eigenvalue weighted by Gasteiger charge is -2.23. The van der Waals surface area contributed by atoms with Crippen molar-refractivity contribution in [2.24, 2.45) is 0 Å². The summed E-state index contributed by atoms with van der Waals surface area (Å²) in [5, 5.41) is 9.08. The topological polar surface area (TPSA) is 40.5 Å². The maximum atomic E-state index is 11.1. The van der Waals surface area contributed by atoms with Gasteiger partial charge in [0, 0.05) is 16.7 Å². The fourth-order valence-electron chi connectivity index (χ4n) is 2.03. The van der Waals surface area contributed by atoms with Gasteiger partial charge in [-0.1, -0.05) is 46.3 Å². The van der Waals surface area contributed by atoms with E-state index < -0.39 is 5.97 Å². The van der Waals surface area contributed by atoms with Crippen LogP contribution >= 0.6 is 15.9 Å². The summed E-state index contributed by atoms with van der Waals surface area (Å²) in [4.78, 5) is 12.9. The lowest BCUT2D eigenvalue weighted by molar-refractivity contribution is -0.135. The molecule has 0 heterocycles. The van der Waals surface area contributed by atoms with Crippen LogP contribution in [0.25, 0.3) is 0 Å². The second-order valence-electron chi connectivity index (χ2n) is 4.68. The molecule has 0 unspecified atom stereocenters. The lowest BCUT2D eigenvalue weighted by Crippen LogP contribution is -2.29. The predicted molar refractivity (Wildman–Crippen MR) is 84.0 cm³/mol. The number of para-hydroxylation sites is 1. The Morgan fingerprint density at radius 1 is 1.20 bits per heavy atom. The van der Waals surface area contributed by atoms with Gasteiger partial charge in [-0.3, -0.25) is 4.79 Å². The fraction of sp³-hybridized carbons (Fsp3) is 0.188. The van der Waals surface area contributed by atoms with Gasteiger partial charge in [-0.25, -0.2) is 0 Å². The minimum Gasteiger partial charge on any atom is -0.480 e. The fourth-order valence-corrected chi connectivity index (χ4v) is 2.65. The van der Waals surface area contributed by atoms with Crippen LogP contribution < -0.4 is 4.90 Å². The van der Waals surface area contributed by atoms with E-state index in [2.05, 4.69) is 15.9 Å². The first-order valence-corrected chi connectivity index (χ1v) is 7.12. The first kappa shape index (κ1) is 14.6. The minimum atomic E-state index is -0.836. The zero-order chi connectivity index (χ0) is 14.5. The summed E-state index contributed by atoms with van der Waals surface area (Å²) in [6.07, 6.45) is 0. The third-order valence-electron chi connectivity index (χ3n) is 3.02. The van der Waals surface area contributed by atoms with E-state index in [1.54, 1.807) is 0 Å². The van der Waals surface area contributed by atoms with E-state index in [-0.39, 0.29) is 6.54 Å². The molecule has 2 aromatic rings. The minimum absolute atomic E-state index is 0.0235. The molecule has 3 nitrogen and oxygen atoms in total. The summed E-state index contributed by atoms with van der Waals surface area (Å²) in [7, 11) is 0. The predicted octanol–water partition coefficient (Wildman–Crippen LogP) is 3.85. The molecule has 104 valence electrons. The number of aliphatic carboxylic acids is 1. The standard InChI is InChI=1S/C16H16BrNO2/c1-12-7-8-13(15(17)9-12)10-18(11-16(19)20)14-5-3-2-4-6-14/h2-9H,10-11H2,1H3,(H,19,20). The first-order chi connectivity index (χ1) is 9.56. The molecular formula is C16H16BrNO2. The van der Waals surface area contributed by atoms with E-state index in [9.17, 15) is 4.79 Å². The molecule has 0 bridgehead atoms. The largest absolute Gasteiger partial charge is 0.480 e. The second kappa shape index (κ2) is 6.57. The SMILES string of the molecule is Cc1ccc(CN(CC(=O)O)c2ccccc2)c(Br)c1. The smallest absolute Gasteiger partial charge is 0.323 e. The summed E-state index contributed by atoms with van der Waals surface area (Å²) in [5.74, 6) is -0.836. The highest BCUT2D eigenvalue weighted by atomic mass is 79.9. The van der Waals surface area contributed by atoms with Gasteiger partial charge in [0.15, 0.2) is 0 Å². The Balaban J connectivity index is 2.26. The van der Waals surface area contributed by atoms with E-state index in [4.69, 9.17) is 5.11 Å². The number of carboxylic acids is 1. The van der Waals surface area contributed by atoms with E-state index in [0.717, 1.165) is 15.7 Å². The van der Waals surface area contributed by atoms with E-state index in [1.807, 2.05) is 60.4 Å². The number of hydrogen-bond acceptors (Lipinski definition) is 2. The lowest BCUT2D eigenvalue weighted by atomic mass is 10.1. The van der Waals surface area contributed by atoms with Gasteiger partial charge in [0.1, 0.15) is 6.54 Å². The number of halogens is 1. The van der Waals surface area contributed by atoms with Crippen LogP contribution in [0.2, 0.25) is 0 Å². The molecular weight excluding hydrogens is 318 g/mol. The summed E-state index contributed by atoms with van der Waals surface area (Å²) in [6, 6.07) is 15.7. The first-order valence-electron chi connectivity index (χ1n) is 6.33. The summed E-state index contributed by atoms with van der Waals surface area (Å²) >= 11 is 3.54. The maximum Gasteiger partial charge on any atom is 0.323 e. The van der Waals surface area contributed by atoms with Gasteiger partial charge in [-0.05, 0) is 36.2 Å². The maximum absolute atomic E-state index is 11.1. The van der Waals surface area contributed by atoms with Crippen molar-refractivity contribution in [1.82, 2.24) is 0 Å². The number of rotatable bonds is 5. The van der Waals surface area contributed by atoms with Gasteiger partial charge in [0.2, 0.25) is 0 Å². The zero-order valence-electron chi connectivity index (χ0n) is 11.2. The van der Waals surface area contributed by atoms with Gasteiger partial charge in [0.25, 0.3) is 0 Å². The molecule has 0 spiro atoms. The molecule has 4 heteroatoms. The third kappa shape index (κ3) is 3.84. The molecule has 0 aliphatic heterocycles. The van der Waals surface area contributed by atoms with Crippen LogP contribution in [0.15, 0.2) is 53.0 Å². The van der Waals surface area contributed by atoms with Gasteiger partial charge in [-0.15, -0.1) is 0 Å². The molecule has 0 atom stereocenters. The van der Waals surface area contributed by atoms with Crippen molar-refractivity contribution >= 4 is 27.6 Å². The van der Waals surface area contributed by atoms with Crippen LogP contribution in [0.4, 0.5) is 5.69 Å². The highest BCUT2D eigenvalue weighted by Crippen LogP contribution is 2.23. The molecule has 0 amide bonds. The Labute approximate surface area is 127 Å². The van der Waals surface area contributed by atoms with Crippen LogP contribution in [0.3, 0.4) is 0 Å². The third-order valence-corrected chi connectivity index (χ3v) is 3.76. The number of aryl methyl sites for hydroxylation is 1. The van der Waals surface area contributed by atoms with Crippen LogP contribution in [0, 0.1) is 6.92 Å². The van der Waals surface area contributed by atoms with Crippen molar-refractivity contribution < 1.29 is 9.90 Å². The molecule has 2 aromatic carbocycles. The Morgan fingerprint density at radius 2 is 1.90 bits per heavy atom. The number of anilines is 1. The summed E-state index contributed by atoms with van der Waals surface area (Å²) in [6.45, 7) is 2.56. The number of hydrogen-bond donors (Lipinski definition) is 1. The quantitative estimate of drug-likeness (QED) is 0.903. The van der Waals surface area contributed by atoms with Gasteiger partial charge in [-0.2, -0.15) is 0 Å². The van der Waals surface area contributed by atoms with Gasteiger partial charge >= 0.3 is 5.97 Å². The van der Waals surface area contributed by atoms with E-state index in [0.29, 0.717) is 6.54 Å². The van der Waals surface area contributed by atoms with E-state index >= 15 is 0 Å². The molecule has 0 saturated carbocycles. The van der Waals surface area contributed by atoms with Crippen molar-refractivity contribution in [1.29, 1.82) is 0 Å². The highest BCUT2D eigenvalue weighted by molar-refractivity contribution is 9.10. The summed E-state index contributed by atoms with van der Waals surface area (Å²) in [5.41, 5.74) is 3.15. The monoisotopic (exact) mass is 333 g/mol. The zero-order valence-corrected chi connectivity index (χ0v) is 12.8. The Morgan fingerprint density at radius 3 is 2.50 bits per heavy atom. The van der Waals surface area contributed by atoms with Crippen molar-refractivity contribution in [3.8, 4) is 0 Å². The number of benzene rings is 2. The van der Waals surface area contributed by atoms with Crippen LogP contribution in [0.5, 0.6) is 0 Å². The molecule has 0 radical (unpaired) electrons. The van der Waals surface area contributed by atoms with Crippen LogP contribution in [-0.4, -0.2) is 17.6 Å². The molecule has 0 aliphatic carbocycles. The van der Waals surface area contributed by atoms with Crippen molar-refractivity contribution in [2.75, 3.05) is 11.4 Å². The summed E-state index contributed by atoms with van der Waals surface area (Å²) < 4.78 is 1.00. The van der Waals surface area contributed by atoms with Gasteiger partial charge in [0.05, 0.1) is 0 Å². The molecule has 2 rings (SSSR count). The molecule has 0 fully saturated rings. The van der Waals surface area contributed by atoms with Gasteiger partial charge < -0.3 is 10.0 Å². The highest BCUT2D eigenvalue weighted by Gasteiger charge is 2.12. The average molecular weight is 334 g/mol. The van der Waals surface area contributed by atoms with E-state index in [1.165, 1.54) is 5.56 Å². The number of carbonyl (C=O) groups is 1. The second-order valence-corrected chi connectivity index (χ2v) is 5.53. The number of nitrogens with zero attached hydrogens (tertiary/aromatic N) is 1. The van der Waals surface area contributed by atoms with Crippen LogP contribution in [-0.2, 0) is 11.3 Å². The van der Waals surface area contributed by atoms with Crippen molar-refractivity contribution in [3.63, 3.8) is 0 Å². The normalized spacial score (nSPS) is 10.3. The average Bonchev–Trinajstić information content (AvgIpc) is 2.41. The van der Waals surface area contributed by atoms with Crippen molar-refractivity contribution in [2.45, 2.75) is 13.5 Å². The molecule has 0 aliphatic rings. The molecule has 0 saturated heterocycles. The Bertz CT molecular complexity index is 599. The van der Waals surface area contributed by atoms with Crippen molar-refractivity contribution in [3.05, 3.63) is 64.1 Å². The van der Waals surface area contributed by atoms with Crippen LogP contribution in [0.1, 0.15) is 11.1 Å². The molecule has 20 heavy (non-hydrogen) atoms. The molecule has 1 N–H and O–H groups in total. The Kier molecular flexibility index (Phi) is 4.79.